The van der Waals surface area contributed by atoms with E-state index in [1.807, 2.05) is 12.1 Å². The summed E-state index contributed by atoms with van der Waals surface area (Å²) < 4.78 is 6.99. The number of ether oxygens (including phenoxy) is 1. The maximum Gasteiger partial charge on any atom is 0.275 e. The van der Waals surface area contributed by atoms with E-state index in [0.29, 0.717) is 11.4 Å². The molecule has 27 heavy (non-hydrogen) atoms. The molecule has 0 radical (unpaired) electrons. The number of aromatic nitrogens is 2. The van der Waals surface area contributed by atoms with E-state index in [9.17, 15) is 14.7 Å². The Bertz CT molecular complexity index is 1010. The first-order valence-corrected chi connectivity index (χ1v) is 8.77. The number of aromatic hydroxyl groups is 1. The third-order valence-electron chi connectivity index (χ3n) is 3.81. The Morgan fingerprint density at radius 3 is 2.48 bits per heavy atom. The average molecular weight is 430 g/mol. The summed E-state index contributed by atoms with van der Waals surface area (Å²) >= 11 is 3.32. The van der Waals surface area contributed by atoms with Gasteiger partial charge in [-0.2, -0.15) is 9.78 Å². The minimum atomic E-state index is -0.589. The first kappa shape index (κ1) is 18.7. The monoisotopic (exact) mass is 429 g/mol. The number of methoxy groups -OCH3 is 1. The minimum absolute atomic E-state index is 0.231. The highest BCUT2D eigenvalue weighted by atomic mass is 79.9. The van der Waals surface area contributed by atoms with Gasteiger partial charge in [-0.05, 0) is 42.0 Å². The molecule has 0 fully saturated rings. The van der Waals surface area contributed by atoms with E-state index in [1.165, 1.54) is 0 Å². The molecular formula is C19H16BrN3O4. The molecule has 2 N–H and O–H groups in total. The van der Waals surface area contributed by atoms with Crippen molar-refractivity contribution in [2.75, 3.05) is 7.11 Å². The number of nitrogens with zero attached hydrogens (tertiary/aromatic N) is 2. The number of rotatable bonds is 5. The molecular weight excluding hydrogens is 414 g/mol. The average Bonchev–Trinajstić information content (AvgIpc) is 2.67. The minimum Gasteiger partial charge on any atom is -0.505 e. The molecule has 0 aliphatic carbocycles. The van der Waals surface area contributed by atoms with Crippen LogP contribution in [0.4, 0.5) is 0 Å². The van der Waals surface area contributed by atoms with Crippen molar-refractivity contribution >= 4 is 21.8 Å². The number of benzene rings is 2. The predicted molar refractivity (Wildman–Crippen MR) is 103 cm³/mol. The summed E-state index contributed by atoms with van der Waals surface area (Å²) in [5.74, 6) is -0.347. The van der Waals surface area contributed by atoms with Gasteiger partial charge in [0.25, 0.3) is 11.5 Å². The van der Waals surface area contributed by atoms with Gasteiger partial charge in [-0.15, -0.1) is 0 Å². The molecule has 7 nitrogen and oxygen atoms in total. The van der Waals surface area contributed by atoms with Gasteiger partial charge in [0.05, 0.1) is 12.8 Å². The normalized spacial score (nSPS) is 10.4. The van der Waals surface area contributed by atoms with E-state index in [-0.39, 0.29) is 12.2 Å². The van der Waals surface area contributed by atoms with E-state index < -0.39 is 17.2 Å². The fourth-order valence-electron chi connectivity index (χ4n) is 2.39. The van der Waals surface area contributed by atoms with E-state index >= 15 is 0 Å². The highest BCUT2D eigenvalue weighted by Gasteiger charge is 2.16. The summed E-state index contributed by atoms with van der Waals surface area (Å²) in [5, 5.41) is 16.7. The molecule has 1 aromatic heterocycles. The van der Waals surface area contributed by atoms with Crippen molar-refractivity contribution in [2.45, 2.75) is 6.54 Å². The zero-order chi connectivity index (χ0) is 19.4. The number of halogens is 1. The van der Waals surface area contributed by atoms with Crippen molar-refractivity contribution in [3.8, 4) is 17.2 Å². The summed E-state index contributed by atoms with van der Waals surface area (Å²) in [4.78, 5) is 24.6. The number of carbonyl (C=O) groups excluding carboxylic acids is 1. The highest BCUT2D eigenvalue weighted by Crippen LogP contribution is 2.16. The first-order chi connectivity index (χ1) is 13.0. The van der Waals surface area contributed by atoms with E-state index in [4.69, 9.17) is 4.74 Å². The van der Waals surface area contributed by atoms with Crippen molar-refractivity contribution < 1.29 is 14.6 Å². The molecule has 0 spiro atoms. The Kier molecular flexibility index (Phi) is 5.56. The maximum atomic E-state index is 12.4. The standard InChI is InChI=1S/C19H16BrN3O4/c1-27-15-8-2-12(3-9-15)11-21-19(26)18-16(24)10-17(25)23(22-18)14-6-4-13(20)5-7-14/h2-10,24H,11H2,1H3,(H,21,26). The molecule has 2 aromatic carbocycles. The summed E-state index contributed by atoms with van der Waals surface area (Å²) in [5.41, 5.74) is 0.560. The number of hydrogen-bond donors (Lipinski definition) is 2. The number of hydrogen-bond acceptors (Lipinski definition) is 5. The highest BCUT2D eigenvalue weighted by molar-refractivity contribution is 9.10. The van der Waals surface area contributed by atoms with Gasteiger partial charge < -0.3 is 15.2 Å². The largest absolute Gasteiger partial charge is 0.505 e. The summed E-state index contributed by atoms with van der Waals surface area (Å²) in [6.07, 6.45) is 0. The zero-order valence-corrected chi connectivity index (χ0v) is 15.9. The molecule has 138 valence electrons. The Balaban J connectivity index is 1.82. The van der Waals surface area contributed by atoms with Crippen LogP contribution in [-0.2, 0) is 6.54 Å². The summed E-state index contributed by atoms with van der Waals surface area (Å²) in [6, 6.07) is 15.0. The van der Waals surface area contributed by atoms with Crippen LogP contribution < -0.4 is 15.6 Å². The molecule has 0 saturated heterocycles. The lowest BCUT2D eigenvalue weighted by atomic mass is 10.2. The SMILES string of the molecule is COc1ccc(CNC(=O)c2nn(-c3ccc(Br)cc3)c(=O)cc2O)cc1. The van der Waals surface area contributed by atoms with Gasteiger partial charge in [-0.25, -0.2) is 0 Å². The van der Waals surface area contributed by atoms with Gasteiger partial charge in [0, 0.05) is 17.1 Å². The smallest absolute Gasteiger partial charge is 0.275 e. The second kappa shape index (κ2) is 8.05. The van der Waals surface area contributed by atoms with Crippen molar-refractivity contribution in [1.29, 1.82) is 0 Å². The van der Waals surface area contributed by atoms with Gasteiger partial charge in [0.2, 0.25) is 0 Å². The van der Waals surface area contributed by atoms with Crippen LogP contribution in [0, 0.1) is 0 Å². The molecule has 0 bridgehead atoms. The molecule has 0 atom stereocenters. The molecule has 0 saturated carbocycles. The van der Waals surface area contributed by atoms with Crippen LogP contribution in [0.1, 0.15) is 16.1 Å². The fraction of sp³-hybridized carbons (Fsp3) is 0.105. The van der Waals surface area contributed by atoms with E-state index in [1.54, 1.807) is 43.5 Å². The second-order valence-corrected chi connectivity index (χ2v) is 6.55. The molecule has 0 aliphatic rings. The number of nitrogens with one attached hydrogen (secondary N) is 1. The van der Waals surface area contributed by atoms with E-state index in [2.05, 4.69) is 26.3 Å². The molecule has 1 heterocycles. The van der Waals surface area contributed by atoms with Crippen LogP contribution >= 0.6 is 15.9 Å². The lowest BCUT2D eigenvalue weighted by Crippen LogP contribution is -2.29. The fourth-order valence-corrected chi connectivity index (χ4v) is 2.65. The van der Waals surface area contributed by atoms with Gasteiger partial charge in [-0.3, -0.25) is 9.59 Å². The second-order valence-electron chi connectivity index (χ2n) is 5.64. The summed E-state index contributed by atoms with van der Waals surface area (Å²) in [7, 11) is 1.57. The van der Waals surface area contributed by atoms with Crippen molar-refractivity contribution in [1.82, 2.24) is 15.1 Å². The van der Waals surface area contributed by atoms with Gasteiger partial charge >= 0.3 is 0 Å². The third-order valence-corrected chi connectivity index (χ3v) is 4.34. The van der Waals surface area contributed by atoms with Crippen molar-refractivity contribution in [3.63, 3.8) is 0 Å². The molecule has 3 rings (SSSR count). The summed E-state index contributed by atoms with van der Waals surface area (Å²) in [6.45, 7) is 0.237. The van der Waals surface area contributed by atoms with Gasteiger partial charge in [0.1, 0.15) is 5.75 Å². The maximum absolute atomic E-state index is 12.4. The van der Waals surface area contributed by atoms with Gasteiger partial charge in [-0.1, -0.05) is 28.1 Å². The molecule has 8 heteroatoms. The molecule has 0 aliphatic heterocycles. The zero-order valence-electron chi connectivity index (χ0n) is 14.3. The molecule has 1 amide bonds. The van der Waals surface area contributed by atoms with Crippen molar-refractivity contribution in [3.05, 3.63) is 80.7 Å². The van der Waals surface area contributed by atoms with Gasteiger partial charge in [0.15, 0.2) is 11.4 Å². The Hall–Kier alpha value is -3.13. The Labute approximate surface area is 163 Å². The van der Waals surface area contributed by atoms with Crippen LogP contribution in [0.2, 0.25) is 0 Å². The molecule has 0 unspecified atom stereocenters. The quantitative estimate of drug-likeness (QED) is 0.649. The van der Waals surface area contributed by atoms with Crippen LogP contribution in [0.15, 0.2) is 63.9 Å². The van der Waals surface area contributed by atoms with Crippen LogP contribution in [0.25, 0.3) is 5.69 Å². The number of amides is 1. The first-order valence-electron chi connectivity index (χ1n) is 7.98. The molecule has 3 aromatic rings. The lowest BCUT2D eigenvalue weighted by Gasteiger charge is -2.10. The topological polar surface area (TPSA) is 93.5 Å². The van der Waals surface area contributed by atoms with Crippen LogP contribution in [0.5, 0.6) is 11.5 Å². The van der Waals surface area contributed by atoms with Crippen LogP contribution in [-0.4, -0.2) is 27.9 Å². The van der Waals surface area contributed by atoms with Crippen LogP contribution in [0.3, 0.4) is 0 Å². The predicted octanol–water partition coefficient (Wildman–Crippen LogP) is 2.64. The third kappa shape index (κ3) is 4.35. The number of carbonyl (C=O) groups is 1. The Morgan fingerprint density at radius 2 is 1.85 bits per heavy atom. The Morgan fingerprint density at radius 1 is 1.19 bits per heavy atom. The lowest BCUT2D eigenvalue weighted by molar-refractivity contribution is 0.0941. The van der Waals surface area contributed by atoms with E-state index in [0.717, 1.165) is 20.8 Å². The van der Waals surface area contributed by atoms with Crippen molar-refractivity contribution in [2.24, 2.45) is 0 Å².